The number of carbonyl (C=O) groups is 1. The van der Waals surface area contributed by atoms with Gasteiger partial charge < -0.3 is 15.2 Å². The molecule has 144 valence electrons. The van der Waals surface area contributed by atoms with Gasteiger partial charge in [-0.25, -0.2) is 9.18 Å². The first kappa shape index (κ1) is 20.5. The van der Waals surface area contributed by atoms with E-state index in [4.69, 9.17) is 4.74 Å². The molecule has 0 amide bonds. The first-order chi connectivity index (χ1) is 12.8. The third kappa shape index (κ3) is 5.58. The molecule has 0 fully saturated rings. The normalized spacial score (nSPS) is 10.6. The quantitative estimate of drug-likeness (QED) is 0.614. The van der Waals surface area contributed by atoms with Crippen molar-refractivity contribution in [3.8, 4) is 5.75 Å². The van der Waals surface area contributed by atoms with Crippen molar-refractivity contribution in [3.63, 3.8) is 0 Å². The van der Waals surface area contributed by atoms with Gasteiger partial charge in [0.25, 0.3) is 0 Å². The molecular formula is C22H26FNO3. The molecule has 0 aliphatic heterocycles. The predicted molar refractivity (Wildman–Crippen MR) is 106 cm³/mol. The van der Waals surface area contributed by atoms with Crippen molar-refractivity contribution >= 4 is 17.2 Å². The van der Waals surface area contributed by atoms with Crippen LogP contribution in [-0.4, -0.2) is 17.6 Å². The van der Waals surface area contributed by atoms with Gasteiger partial charge in [0.2, 0.25) is 0 Å². The molecule has 0 aliphatic rings. The largest absolute Gasteiger partial charge is 0.486 e. The highest BCUT2D eigenvalue weighted by atomic mass is 19.1. The zero-order chi connectivity index (χ0) is 20.0. The molecule has 0 atom stereocenters. The van der Waals surface area contributed by atoms with Crippen molar-refractivity contribution in [2.75, 3.05) is 11.9 Å². The molecule has 0 saturated carbocycles. The molecule has 0 bridgehead atoms. The first-order valence-electron chi connectivity index (χ1n) is 8.94. The Morgan fingerprint density at radius 2 is 1.89 bits per heavy atom. The molecule has 2 aromatic rings. The summed E-state index contributed by atoms with van der Waals surface area (Å²) in [5.74, 6) is -0.857. The lowest BCUT2D eigenvalue weighted by Crippen LogP contribution is -2.09. The molecule has 0 aromatic heterocycles. The summed E-state index contributed by atoms with van der Waals surface area (Å²) in [4.78, 5) is 11.6. The Morgan fingerprint density at radius 3 is 2.48 bits per heavy atom. The Kier molecular flexibility index (Phi) is 6.99. The molecule has 0 saturated heterocycles. The zero-order valence-corrected chi connectivity index (χ0v) is 16.2. The molecule has 2 rings (SSSR count). The van der Waals surface area contributed by atoms with Crippen LogP contribution in [0.5, 0.6) is 5.75 Å². The fourth-order valence-corrected chi connectivity index (χ4v) is 2.69. The maximum absolute atomic E-state index is 14.3. The van der Waals surface area contributed by atoms with Crippen LogP contribution in [0.15, 0.2) is 48.0 Å². The van der Waals surface area contributed by atoms with E-state index in [9.17, 15) is 14.3 Å². The lowest BCUT2D eigenvalue weighted by molar-refractivity contribution is -0.130. The van der Waals surface area contributed by atoms with Crippen LogP contribution >= 0.6 is 0 Å². The van der Waals surface area contributed by atoms with Gasteiger partial charge in [0, 0.05) is 18.3 Å². The number of anilines is 1. The fourth-order valence-electron chi connectivity index (χ4n) is 2.69. The van der Waals surface area contributed by atoms with Crippen molar-refractivity contribution in [1.82, 2.24) is 0 Å². The summed E-state index contributed by atoms with van der Waals surface area (Å²) in [6.45, 7) is 8.50. The lowest BCUT2D eigenvalue weighted by atomic mass is 9.97. The highest BCUT2D eigenvalue weighted by Gasteiger charge is 2.16. The number of aliphatic carboxylic acids is 1. The van der Waals surface area contributed by atoms with Crippen LogP contribution in [0, 0.1) is 11.7 Å². The first-order valence-corrected chi connectivity index (χ1v) is 8.94. The van der Waals surface area contributed by atoms with Crippen LogP contribution in [0.3, 0.4) is 0 Å². The van der Waals surface area contributed by atoms with Gasteiger partial charge in [0.15, 0.2) is 11.6 Å². The third-order valence-electron chi connectivity index (χ3n) is 4.03. The van der Waals surface area contributed by atoms with Gasteiger partial charge in [-0.1, -0.05) is 43.7 Å². The summed E-state index contributed by atoms with van der Waals surface area (Å²) in [5, 5.41) is 12.7. The number of hydrogen-bond donors (Lipinski definition) is 2. The molecule has 0 radical (unpaired) electrons. The van der Waals surface area contributed by atoms with Crippen molar-refractivity contribution in [1.29, 1.82) is 0 Å². The van der Waals surface area contributed by atoms with Crippen molar-refractivity contribution < 1.29 is 19.0 Å². The topological polar surface area (TPSA) is 58.6 Å². The maximum Gasteiger partial charge on any atom is 0.336 e. The SMILES string of the molecule is CC(C)=C(C(=O)O)c1ccccc1COc1ccc(NCC(C)C)cc1F. The van der Waals surface area contributed by atoms with Crippen molar-refractivity contribution in [2.45, 2.75) is 34.3 Å². The van der Waals surface area contributed by atoms with E-state index in [1.54, 1.807) is 44.2 Å². The van der Waals surface area contributed by atoms with Gasteiger partial charge in [-0.05, 0) is 43.0 Å². The molecule has 2 N–H and O–H groups in total. The molecule has 0 aliphatic carbocycles. The monoisotopic (exact) mass is 371 g/mol. The van der Waals surface area contributed by atoms with Gasteiger partial charge >= 0.3 is 5.97 Å². The lowest BCUT2D eigenvalue weighted by Gasteiger charge is -2.14. The number of hydrogen-bond acceptors (Lipinski definition) is 3. The van der Waals surface area contributed by atoms with Crippen LogP contribution in [0.25, 0.3) is 5.57 Å². The second-order valence-corrected chi connectivity index (χ2v) is 7.05. The predicted octanol–water partition coefficient (Wildman–Crippen LogP) is 5.35. The number of carboxylic acids is 1. The average Bonchev–Trinajstić information content (AvgIpc) is 2.59. The minimum Gasteiger partial charge on any atom is -0.486 e. The highest BCUT2D eigenvalue weighted by molar-refractivity contribution is 6.16. The van der Waals surface area contributed by atoms with Gasteiger partial charge in [-0.3, -0.25) is 0 Å². The molecule has 27 heavy (non-hydrogen) atoms. The minimum atomic E-state index is -0.991. The Bertz CT molecular complexity index is 839. The number of nitrogens with one attached hydrogen (secondary N) is 1. The number of rotatable bonds is 8. The molecule has 5 heteroatoms. The summed E-state index contributed by atoms with van der Waals surface area (Å²) < 4.78 is 20.0. The summed E-state index contributed by atoms with van der Waals surface area (Å²) >= 11 is 0. The van der Waals surface area contributed by atoms with Crippen LogP contribution < -0.4 is 10.1 Å². The van der Waals surface area contributed by atoms with E-state index in [0.717, 1.165) is 6.54 Å². The van der Waals surface area contributed by atoms with Crippen molar-refractivity contribution in [2.24, 2.45) is 5.92 Å². The zero-order valence-electron chi connectivity index (χ0n) is 16.2. The van der Waals surface area contributed by atoms with E-state index in [1.165, 1.54) is 6.07 Å². The standard InChI is InChI=1S/C22H26FNO3/c1-14(2)12-24-17-9-10-20(19(23)11-17)27-13-16-7-5-6-8-18(16)21(15(3)4)22(25)26/h5-11,14,24H,12-13H2,1-4H3,(H,25,26). The Balaban J connectivity index is 2.18. The van der Waals surface area contributed by atoms with Gasteiger partial charge in [0.05, 0.1) is 5.57 Å². The molecule has 0 spiro atoms. The Labute approximate surface area is 159 Å². The Hall–Kier alpha value is -2.82. The van der Waals surface area contributed by atoms with E-state index >= 15 is 0 Å². The summed E-state index contributed by atoms with van der Waals surface area (Å²) in [6.07, 6.45) is 0. The molecular weight excluding hydrogens is 345 g/mol. The average molecular weight is 371 g/mol. The van der Waals surface area contributed by atoms with E-state index in [1.807, 2.05) is 6.07 Å². The number of benzene rings is 2. The van der Waals surface area contributed by atoms with E-state index in [2.05, 4.69) is 19.2 Å². The minimum absolute atomic E-state index is 0.0793. The van der Waals surface area contributed by atoms with Crippen LogP contribution in [-0.2, 0) is 11.4 Å². The molecule has 0 unspecified atom stereocenters. The second kappa shape index (κ2) is 9.21. The summed E-state index contributed by atoms with van der Waals surface area (Å²) in [6, 6.07) is 11.9. The summed E-state index contributed by atoms with van der Waals surface area (Å²) in [5.41, 5.74) is 2.91. The van der Waals surface area contributed by atoms with Crippen molar-refractivity contribution in [3.05, 3.63) is 65.0 Å². The van der Waals surface area contributed by atoms with Crippen LogP contribution in [0.1, 0.15) is 38.8 Å². The van der Waals surface area contributed by atoms with Crippen LogP contribution in [0.4, 0.5) is 10.1 Å². The number of carboxylic acid groups (broad SMARTS) is 1. The highest BCUT2D eigenvalue weighted by Crippen LogP contribution is 2.26. The molecule has 0 heterocycles. The van der Waals surface area contributed by atoms with Gasteiger partial charge in [-0.2, -0.15) is 0 Å². The Morgan fingerprint density at radius 1 is 1.19 bits per heavy atom. The van der Waals surface area contributed by atoms with Gasteiger partial charge in [-0.15, -0.1) is 0 Å². The number of allylic oxidation sites excluding steroid dienone is 1. The third-order valence-corrected chi connectivity index (χ3v) is 4.03. The molecule has 2 aromatic carbocycles. The van der Waals surface area contributed by atoms with E-state index < -0.39 is 11.8 Å². The summed E-state index contributed by atoms with van der Waals surface area (Å²) in [7, 11) is 0. The van der Waals surface area contributed by atoms with E-state index in [0.29, 0.717) is 28.3 Å². The fraction of sp³-hybridized carbons (Fsp3) is 0.318. The molecule has 4 nitrogen and oxygen atoms in total. The van der Waals surface area contributed by atoms with E-state index in [-0.39, 0.29) is 17.9 Å². The number of halogens is 1. The van der Waals surface area contributed by atoms with Gasteiger partial charge in [0.1, 0.15) is 6.61 Å². The maximum atomic E-state index is 14.3. The smallest absolute Gasteiger partial charge is 0.336 e. The second-order valence-electron chi connectivity index (χ2n) is 7.05. The van der Waals surface area contributed by atoms with Crippen LogP contribution in [0.2, 0.25) is 0 Å². The number of ether oxygens (including phenoxy) is 1.